The molecule has 94 valence electrons. The third-order valence-corrected chi connectivity index (χ3v) is 3.83. The summed E-state index contributed by atoms with van der Waals surface area (Å²) in [5.74, 6) is 1.04. The summed E-state index contributed by atoms with van der Waals surface area (Å²) >= 11 is 0. The molecule has 2 aliphatic rings. The van der Waals surface area contributed by atoms with E-state index in [1.165, 1.54) is 25.7 Å². The lowest BCUT2D eigenvalue weighted by molar-refractivity contribution is 0.1000. The first-order valence-electron chi connectivity index (χ1n) is 6.74. The lowest BCUT2D eigenvalue weighted by Crippen LogP contribution is -2.37. The fraction of sp³-hybridized carbons (Fsp3) is 0.467. The molecule has 0 saturated heterocycles. The van der Waals surface area contributed by atoms with Crippen molar-refractivity contribution in [1.29, 1.82) is 0 Å². The SMILES string of the molecule is O=C(CC1=N[C@@H]2CCCC[C@H]2N1)c1ccccc1. The highest BCUT2D eigenvalue weighted by Gasteiger charge is 2.31. The van der Waals surface area contributed by atoms with Crippen LogP contribution in [0.1, 0.15) is 42.5 Å². The standard InChI is InChI=1S/C15H18N2O/c18-14(11-6-2-1-3-7-11)10-15-16-12-8-4-5-9-13(12)17-15/h1-3,6-7,12-13H,4-5,8-10H2,(H,16,17)/t12-,13-/m1/s1. The van der Waals surface area contributed by atoms with Gasteiger partial charge in [0.2, 0.25) is 0 Å². The summed E-state index contributed by atoms with van der Waals surface area (Å²) in [4.78, 5) is 16.7. The maximum absolute atomic E-state index is 12.1. The number of nitrogens with one attached hydrogen (secondary N) is 1. The highest BCUT2D eigenvalue weighted by atomic mass is 16.1. The zero-order valence-corrected chi connectivity index (χ0v) is 10.4. The number of benzene rings is 1. The number of fused-ring (bicyclic) bond motifs is 1. The second-order valence-electron chi connectivity index (χ2n) is 5.14. The summed E-state index contributed by atoms with van der Waals surface area (Å²) in [5.41, 5.74) is 0.775. The fourth-order valence-corrected chi connectivity index (χ4v) is 2.86. The predicted octanol–water partition coefficient (Wildman–Crippen LogP) is 2.57. The maximum atomic E-state index is 12.1. The molecule has 18 heavy (non-hydrogen) atoms. The van der Waals surface area contributed by atoms with Crippen LogP contribution in [0.4, 0.5) is 0 Å². The van der Waals surface area contributed by atoms with Crippen molar-refractivity contribution in [2.75, 3.05) is 0 Å². The molecular formula is C15H18N2O. The summed E-state index contributed by atoms with van der Waals surface area (Å²) in [6, 6.07) is 10.4. The number of ketones is 1. The number of carbonyl (C=O) groups excluding carboxylic acids is 1. The molecule has 0 amide bonds. The molecule has 0 radical (unpaired) electrons. The van der Waals surface area contributed by atoms with Crippen LogP contribution in [0.5, 0.6) is 0 Å². The number of carbonyl (C=O) groups is 1. The Balaban J connectivity index is 1.65. The first kappa shape index (κ1) is 11.5. The highest BCUT2D eigenvalue weighted by Crippen LogP contribution is 2.25. The Kier molecular flexibility index (Phi) is 3.13. The van der Waals surface area contributed by atoms with E-state index in [1.807, 2.05) is 30.3 Å². The molecule has 1 aliphatic carbocycles. The van der Waals surface area contributed by atoms with Crippen molar-refractivity contribution in [2.24, 2.45) is 4.99 Å². The number of amidine groups is 1. The summed E-state index contributed by atoms with van der Waals surface area (Å²) in [5, 5.41) is 3.42. The molecule has 1 saturated carbocycles. The van der Waals surface area contributed by atoms with Gasteiger partial charge in [0.05, 0.1) is 12.5 Å². The normalized spacial score (nSPS) is 26.1. The summed E-state index contributed by atoms with van der Waals surface area (Å²) in [6.07, 6.45) is 5.32. The van der Waals surface area contributed by atoms with E-state index in [9.17, 15) is 4.79 Å². The Morgan fingerprint density at radius 2 is 2.00 bits per heavy atom. The Bertz CT molecular complexity index is 467. The van der Waals surface area contributed by atoms with Gasteiger partial charge in [-0.1, -0.05) is 43.2 Å². The van der Waals surface area contributed by atoms with E-state index >= 15 is 0 Å². The van der Waals surface area contributed by atoms with E-state index < -0.39 is 0 Å². The molecule has 3 heteroatoms. The van der Waals surface area contributed by atoms with Gasteiger partial charge in [0.1, 0.15) is 5.84 Å². The minimum atomic E-state index is 0.153. The zero-order chi connectivity index (χ0) is 12.4. The van der Waals surface area contributed by atoms with Crippen LogP contribution in [0.25, 0.3) is 0 Å². The summed E-state index contributed by atoms with van der Waals surface area (Å²) < 4.78 is 0. The van der Waals surface area contributed by atoms with Gasteiger partial charge in [-0.3, -0.25) is 9.79 Å². The van der Waals surface area contributed by atoms with Crippen LogP contribution in [0.15, 0.2) is 35.3 Å². The van der Waals surface area contributed by atoms with E-state index in [4.69, 9.17) is 0 Å². The van der Waals surface area contributed by atoms with Gasteiger partial charge in [-0.2, -0.15) is 0 Å². The van der Waals surface area contributed by atoms with E-state index in [0.29, 0.717) is 18.5 Å². The first-order chi connectivity index (χ1) is 8.83. The molecule has 0 aromatic heterocycles. The van der Waals surface area contributed by atoms with Gasteiger partial charge in [0.15, 0.2) is 5.78 Å². The minimum Gasteiger partial charge on any atom is -0.369 e. The first-order valence-corrected chi connectivity index (χ1v) is 6.74. The Morgan fingerprint density at radius 3 is 2.78 bits per heavy atom. The average molecular weight is 242 g/mol. The van der Waals surface area contributed by atoms with Crippen molar-refractivity contribution in [3.8, 4) is 0 Å². The fourth-order valence-electron chi connectivity index (χ4n) is 2.86. The van der Waals surface area contributed by atoms with Crippen LogP contribution < -0.4 is 5.32 Å². The summed E-state index contributed by atoms with van der Waals surface area (Å²) in [6.45, 7) is 0. The van der Waals surface area contributed by atoms with Crippen molar-refractivity contribution >= 4 is 11.6 Å². The van der Waals surface area contributed by atoms with Gasteiger partial charge >= 0.3 is 0 Å². The van der Waals surface area contributed by atoms with Gasteiger partial charge in [0, 0.05) is 11.6 Å². The minimum absolute atomic E-state index is 0.153. The van der Waals surface area contributed by atoms with E-state index in [-0.39, 0.29) is 5.78 Å². The van der Waals surface area contributed by atoms with Crippen LogP contribution in [-0.2, 0) is 0 Å². The van der Waals surface area contributed by atoms with Crippen LogP contribution in [0, 0.1) is 0 Å². The smallest absolute Gasteiger partial charge is 0.170 e. The van der Waals surface area contributed by atoms with Gasteiger partial charge in [-0.15, -0.1) is 0 Å². The number of Topliss-reactive ketones (excluding diaryl/α,β-unsaturated/α-hetero) is 1. The lowest BCUT2D eigenvalue weighted by atomic mass is 9.92. The monoisotopic (exact) mass is 242 g/mol. The zero-order valence-electron chi connectivity index (χ0n) is 10.4. The quantitative estimate of drug-likeness (QED) is 0.828. The second kappa shape index (κ2) is 4.92. The molecule has 1 aliphatic heterocycles. The van der Waals surface area contributed by atoms with E-state index in [2.05, 4.69) is 10.3 Å². The van der Waals surface area contributed by atoms with Crippen molar-refractivity contribution in [2.45, 2.75) is 44.2 Å². The molecule has 1 N–H and O–H groups in total. The van der Waals surface area contributed by atoms with Gasteiger partial charge in [0.25, 0.3) is 0 Å². The molecular weight excluding hydrogens is 224 g/mol. The third kappa shape index (κ3) is 2.30. The lowest BCUT2D eigenvalue weighted by Gasteiger charge is -2.23. The predicted molar refractivity (Wildman–Crippen MR) is 72.0 cm³/mol. The third-order valence-electron chi connectivity index (χ3n) is 3.83. The van der Waals surface area contributed by atoms with Crippen LogP contribution in [0.2, 0.25) is 0 Å². The molecule has 0 bridgehead atoms. The average Bonchev–Trinajstić information content (AvgIpc) is 2.82. The molecule has 1 aromatic carbocycles. The van der Waals surface area contributed by atoms with Crippen LogP contribution in [0.3, 0.4) is 0 Å². The largest absolute Gasteiger partial charge is 0.369 e. The van der Waals surface area contributed by atoms with Crippen LogP contribution in [-0.4, -0.2) is 23.7 Å². The molecule has 1 heterocycles. The molecule has 1 fully saturated rings. The van der Waals surface area contributed by atoms with Crippen molar-refractivity contribution in [3.05, 3.63) is 35.9 Å². The van der Waals surface area contributed by atoms with E-state index in [1.54, 1.807) is 0 Å². The topological polar surface area (TPSA) is 41.5 Å². The second-order valence-corrected chi connectivity index (χ2v) is 5.14. The number of hydrogen-bond donors (Lipinski definition) is 1. The van der Waals surface area contributed by atoms with Gasteiger partial charge in [-0.05, 0) is 12.8 Å². The maximum Gasteiger partial charge on any atom is 0.170 e. The van der Waals surface area contributed by atoms with Gasteiger partial charge in [-0.25, -0.2) is 0 Å². The molecule has 1 aromatic rings. The summed E-state index contributed by atoms with van der Waals surface area (Å²) in [7, 11) is 0. The Labute approximate surface area is 107 Å². The molecule has 3 nitrogen and oxygen atoms in total. The molecule has 0 spiro atoms. The molecule has 0 unspecified atom stereocenters. The van der Waals surface area contributed by atoms with Crippen molar-refractivity contribution in [3.63, 3.8) is 0 Å². The molecule has 2 atom stereocenters. The highest BCUT2D eigenvalue weighted by molar-refractivity contribution is 6.09. The van der Waals surface area contributed by atoms with Crippen molar-refractivity contribution in [1.82, 2.24) is 5.32 Å². The van der Waals surface area contributed by atoms with Gasteiger partial charge < -0.3 is 5.32 Å². The van der Waals surface area contributed by atoms with E-state index in [0.717, 1.165) is 11.4 Å². The number of hydrogen-bond acceptors (Lipinski definition) is 3. The number of nitrogens with zero attached hydrogens (tertiary/aromatic N) is 1. The van der Waals surface area contributed by atoms with Crippen molar-refractivity contribution < 1.29 is 4.79 Å². The molecule has 3 rings (SSSR count). The number of aliphatic imine (C=N–C) groups is 1. The van der Waals surface area contributed by atoms with Crippen LogP contribution >= 0.6 is 0 Å². The number of rotatable bonds is 3. The Morgan fingerprint density at radius 1 is 1.22 bits per heavy atom. The Hall–Kier alpha value is -1.64.